The quantitative estimate of drug-likeness (QED) is 0.812. The topological polar surface area (TPSA) is 35.9 Å². The molecule has 0 amide bonds. The number of likely N-dealkylation sites (tertiary alicyclic amines) is 2. The fraction of sp³-hybridized carbons (Fsp3) is 1.00. The van der Waals surface area contributed by atoms with Crippen LogP contribution in [0, 0.1) is 0 Å². The lowest BCUT2D eigenvalue weighted by Crippen LogP contribution is -2.50. The van der Waals surface area contributed by atoms with Gasteiger partial charge in [0.2, 0.25) is 0 Å². The molecule has 2 aliphatic heterocycles. The summed E-state index contributed by atoms with van der Waals surface area (Å²) in [6.45, 7) is 20.9. The number of rotatable bonds is 4. The Balaban J connectivity index is 1.91. The largest absolute Gasteiger partial charge is 0.390 e. The van der Waals surface area contributed by atoms with Gasteiger partial charge >= 0.3 is 0 Å². The molecule has 0 radical (unpaired) electrons. The van der Waals surface area contributed by atoms with E-state index in [1.165, 1.54) is 13.0 Å². The van der Waals surface area contributed by atoms with Crippen LogP contribution in [0.5, 0.6) is 0 Å². The summed E-state index contributed by atoms with van der Waals surface area (Å²) in [6, 6.07) is 0. The zero-order chi connectivity index (χ0) is 19.6. The van der Waals surface area contributed by atoms with Crippen LogP contribution in [0.2, 0.25) is 0 Å². The Kier molecular flexibility index (Phi) is 6.86. The van der Waals surface area contributed by atoms with Crippen LogP contribution in [0.25, 0.3) is 0 Å². The highest BCUT2D eigenvalue weighted by Gasteiger charge is 2.37. The van der Waals surface area contributed by atoms with Gasteiger partial charge in [-0.15, -0.1) is 0 Å². The molecule has 0 aromatic carbocycles. The van der Waals surface area contributed by atoms with Gasteiger partial charge in [0.15, 0.2) is 0 Å². The van der Waals surface area contributed by atoms with Gasteiger partial charge in [0, 0.05) is 24.2 Å². The van der Waals surface area contributed by atoms with E-state index in [0.29, 0.717) is 0 Å². The Hall–Kier alpha value is -0.160. The van der Waals surface area contributed by atoms with E-state index in [4.69, 9.17) is 4.74 Å². The zero-order valence-electron chi connectivity index (χ0n) is 18.5. The average molecular weight is 369 g/mol. The number of hydrogen-bond donors (Lipinski definition) is 1. The van der Waals surface area contributed by atoms with Crippen molar-refractivity contribution in [2.24, 2.45) is 0 Å². The van der Waals surface area contributed by atoms with Gasteiger partial charge in [0.25, 0.3) is 0 Å². The second-order valence-corrected chi connectivity index (χ2v) is 10.9. The van der Waals surface area contributed by atoms with Gasteiger partial charge in [-0.1, -0.05) is 0 Å². The maximum absolute atomic E-state index is 10.4. The lowest BCUT2D eigenvalue weighted by Gasteiger charge is -2.41. The summed E-state index contributed by atoms with van der Waals surface area (Å²) in [7, 11) is 0. The fourth-order valence-corrected chi connectivity index (χ4v) is 4.38. The molecule has 0 aliphatic carbocycles. The van der Waals surface area contributed by atoms with Gasteiger partial charge in [-0.3, -0.25) is 9.80 Å². The monoisotopic (exact) mass is 368 g/mol. The van der Waals surface area contributed by atoms with Gasteiger partial charge in [0.1, 0.15) is 0 Å². The third-order valence-corrected chi connectivity index (χ3v) is 6.69. The van der Waals surface area contributed by atoms with Crippen molar-refractivity contribution in [2.75, 3.05) is 32.8 Å². The van der Waals surface area contributed by atoms with Gasteiger partial charge in [0.05, 0.1) is 17.8 Å². The van der Waals surface area contributed by atoms with Crippen LogP contribution >= 0.6 is 0 Å². The van der Waals surface area contributed by atoms with Crippen LogP contribution in [0.15, 0.2) is 0 Å². The van der Waals surface area contributed by atoms with Gasteiger partial charge in [-0.25, -0.2) is 0 Å². The van der Waals surface area contributed by atoms with Gasteiger partial charge < -0.3 is 9.84 Å². The van der Waals surface area contributed by atoms with Crippen molar-refractivity contribution in [3.8, 4) is 0 Å². The molecule has 2 saturated heterocycles. The lowest BCUT2D eigenvalue weighted by atomic mass is 9.95. The zero-order valence-corrected chi connectivity index (χ0v) is 18.5. The Bertz CT molecular complexity index is 456. The van der Waals surface area contributed by atoms with Crippen molar-refractivity contribution in [1.82, 2.24) is 9.80 Å². The van der Waals surface area contributed by atoms with Crippen molar-refractivity contribution in [3.05, 3.63) is 0 Å². The minimum absolute atomic E-state index is 0.0133. The molecule has 0 aromatic heterocycles. The highest BCUT2D eigenvalue weighted by molar-refractivity contribution is 4.90. The molecule has 0 spiro atoms. The molecule has 2 atom stereocenters. The predicted octanol–water partition coefficient (Wildman–Crippen LogP) is 4.06. The molecule has 0 bridgehead atoms. The van der Waals surface area contributed by atoms with E-state index in [-0.39, 0.29) is 16.7 Å². The number of aliphatic hydroxyl groups is 1. The highest BCUT2D eigenvalue weighted by Crippen LogP contribution is 2.32. The minimum atomic E-state index is -0.505. The summed E-state index contributed by atoms with van der Waals surface area (Å²) in [5.74, 6) is 0. The Morgan fingerprint density at radius 2 is 1.38 bits per heavy atom. The molecule has 0 unspecified atom stereocenters. The minimum Gasteiger partial charge on any atom is -0.390 e. The summed E-state index contributed by atoms with van der Waals surface area (Å²) in [5, 5.41) is 10.4. The van der Waals surface area contributed by atoms with Crippen molar-refractivity contribution in [1.29, 1.82) is 0 Å². The van der Waals surface area contributed by atoms with Gasteiger partial charge in [-0.05, 0) is 100 Å². The second-order valence-electron chi connectivity index (χ2n) is 10.9. The Labute approximate surface area is 162 Å². The van der Waals surface area contributed by atoms with Crippen LogP contribution in [0.1, 0.15) is 87.0 Å². The molecule has 4 heteroatoms. The molecule has 26 heavy (non-hydrogen) atoms. The molecule has 4 nitrogen and oxygen atoms in total. The van der Waals surface area contributed by atoms with E-state index in [1.54, 1.807) is 0 Å². The normalized spacial score (nSPS) is 33.7. The maximum Gasteiger partial charge on any atom is 0.0668 e. The third kappa shape index (κ3) is 6.19. The summed E-state index contributed by atoms with van der Waals surface area (Å²) >= 11 is 0. The number of nitrogens with zero attached hydrogens (tertiary/aromatic N) is 2. The van der Waals surface area contributed by atoms with Crippen molar-refractivity contribution in [3.63, 3.8) is 0 Å². The molecule has 0 saturated carbocycles. The van der Waals surface area contributed by atoms with E-state index in [1.807, 2.05) is 6.92 Å². The van der Waals surface area contributed by atoms with E-state index in [0.717, 1.165) is 58.3 Å². The van der Waals surface area contributed by atoms with Crippen LogP contribution in [0.3, 0.4) is 0 Å². The van der Waals surface area contributed by atoms with Crippen LogP contribution < -0.4 is 0 Å². The molecular formula is C22H44N2O2. The molecule has 0 aromatic rings. The van der Waals surface area contributed by atoms with Crippen molar-refractivity contribution in [2.45, 2.75) is 109 Å². The third-order valence-electron chi connectivity index (χ3n) is 6.69. The molecular weight excluding hydrogens is 324 g/mol. The van der Waals surface area contributed by atoms with Crippen molar-refractivity contribution >= 4 is 0 Å². The second kappa shape index (κ2) is 8.06. The lowest BCUT2D eigenvalue weighted by molar-refractivity contribution is -0.0882. The fourth-order valence-electron chi connectivity index (χ4n) is 4.38. The number of ether oxygens (including phenoxy) is 1. The first-order chi connectivity index (χ1) is 11.8. The molecule has 154 valence electrons. The van der Waals surface area contributed by atoms with Crippen molar-refractivity contribution < 1.29 is 9.84 Å². The summed E-state index contributed by atoms with van der Waals surface area (Å²) in [4.78, 5) is 5.12. The SMILES string of the molecule is CC(C)(C)N1CCC[C@@](C)(OCC(C)(C)N2CCC[C@](C)(O)CC2)CC1. The van der Waals surface area contributed by atoms with Crippen LogP contribution in [0.4, 0.5) is 0 Å². The average Bonchev–Trinajstić information content (AvgIpc) is 2.81. The summed E-state index contributed by atoms with van der Waals surface area (Å²) in [5.41, 5.74) is -0.267. The van der Waals surface area contributed by atoms with Gasteiger partial charge in [-0.2, -0.15) is 0 Å². The van der Waals surface area contributed by atoms with Crippen LogP contribution in [-0.2, 0) is 4.74 Å². The smallest absolute Gasteiger partial charge is 0.0668 e. The first-order valence-corrected chi connectivity index (χ1v) is 10.7. The van der Waals surface area contributed by atoms with E-state index in [2.05, 4.69) is 51.3 Å². The predicted molar refractivity (Wildman–Crippen MR) is 110 cm³/mol. The molecule has 2 fully saturated rings. The first kappa shape index (κ1) is 22.1. The Morgan fingerprint density at radius 1 is 0.808 bits per heavy atom. The number of hydrogen-bond acceptors (Lipinski definition) is 4. The molecule has 1 N–H and O–H groups in total. The molecule has 2 heterocycles. The van der Waals surface area contributed by atoms with E-state index in [9.17, 15) is 5.11 Å². The maximum atomic E-state index is 10.4. The van der Waals surface area contributed by atoms with Crippen LogP contribution in [-0.4, -0.2) is 70.0 Å². The first-order valence-electron chi connectivity index (χ1n) is 10.7. The van der Waals surface area contributed by atoms with E-state index >= 15 is 0 Å². The summed E-state index contributed by atoms with van der Waals surface area (Å²) in [6.07, 6.45) is 6.28. The Morgan fingerprint density at radius 3 is 2.04 bits per heavy atom. The molecule has 2 rings (SSSR count). The molecule has 2 aliphatic rings. The van der Waals surface area contributed by atoms with E-state index < -0.39 is 5.60 Å². The standard InChI is InChI=1S/C22H44N2O2/c1-19(2,3)23-14-9-11-22(7,13-17-23)26-18-20(4,5)24-15-8-10-21(6,25)12-16-24/h25H,8-18H2,1-7H3/t21-,22+/m0/s1. The highest BCUT2D eigenvalue weighted by atomic mass is 16.5. The summed E-state index contributed by atoms with van der Waals surface area (Å²) < 4.78 is 6.59.